The Balaban J connectivity index is 0.951. The minimum absolute atomic E-state index is 0.0000229. The van der Waals surface area contributed by atoms with Gasteiger partial charge in [-0.3, -0.25) is 19.3 Å². The topological polar surface area (TPSA) is 142 Å². The van der Waals surface area contributed by atoms with Crippen LogP contribution in [0.4, 0.5) is 5.69 Å². The molecule has 4 aliphatic rings. The molecule has 2 atom stereocenters. The van der Waals surface area contributed by atoms with Gasteiger partial charge in [-0.15, -0.1) is 0 Å². The lowest BCUT2D eigenvalue weighted by molar-refractivity contribution is -0.167. The predicted octanol–water partition coefficient (Wildman–Crippen LogP) is 9.55. The first-order chi connectivity index (χ1) is 29.6. The summed E-state index contributed by atoms with van der Waals surface area (Å²) in [4.78, 5) is 44.5. The minimum atomic E-state index is -2.27. The molecule has 2 bridgehead atoms. The number of ether oxygens (including phenoxy) is 2. The third kappa shape index (κ3) is 10.3. The van der Waals surface area contributed by atoms with E-state index in [9.17, 15) is 19.5 Å². The number of piperidine rings is 3. The Morgan fingerprint density at radius 3 is 2.40 bits per heavy atom. The van der Waals surface area contributed by atoms with E-state index in [1.54, 1.807) is 31.4 Å². The summed E-state index contributed by atoms with van der Waals surface area (Å²) in [5, 5.41) is 18.2. The summed E-state index contributed by atoms with van der Waals surface area (Å²) in [6.07, 6.45) is 8.41. The average molecular weight is 886 g/mol. The molecule has 4 N–H and O–H groups in total. The van der Waals surface area contributed by atoms with Gasteiger partial charge in [0.25, 0.3) is 0 Å². The number of pyridine rings is 1. The van der Waals surface area contributed by atoms with Crippen LogP contribution in [0.2, 0.25) is 23.2 Å². The van der Waals surface area contributed by atoms with Gasteiger partial charge in [0.1, 0.15) is 17.6 Å². The van der Waals surface area contributed by atoms with Crippen LogP contribution < -0.4 is 20.9 Å². The number of esters is 1. The molecule has 3 saturated heterocycles. The summed E-state index contributed by atoms with van der Waals surface area (Å²) in [6, 6.07) is 18.6. The fourth-order valence-corrected chi connectivity index (χ4v) is 10.9. The van der Waals surface area contributed by atoms with Crippen LogP contribution in [0.3, 0.4) is 0 Å². The van der Waals surface area contributed by atoms with Gasteiger partial charge in [-0.2, -0.15) is 0 Å². The van der Waals surface area contributed by atoms with Crippen LogP contribution in [0, 0.1) is 5.92 Å². The highest BCUT2D eigenvalue weighted by Crippen LogP contribution is 2.43. The molecular weight excluding hydrogens is 820 g/mol. The first-order valence-electron chi connectivity index (χ1n) is 22.5. The van der Waals surface area contributed by atoms with E-state index in [4.69, 9.17) is 25.5 Å². The monoisotopic (exact) mass is 884 g/mol. The lowest BCUT2D eigenvalue weighted by Crippen LogP contribution is -2.53. The van der Waals surface area contributed by atoms with Crippen LogP contribution >= 0.6 is 11.6 Å². The number of nitrogens with zero attached hydrogens (tertiary/aromatic N) is 1. The van der Waals surface area contributed by atoms with E-state index in [0.717, 1.165) is 98.6 Å². The number of fused-ring (bicyclic) bond motifs is 4. The first-order valence-corrected chi connectivity index (χ1v) is 25.8. The van der Waals surface area contributed by atoms with E-state index in [0.29, 0.717) is 53.8 Å². The van der Waals surface area contributed by atoms with Gasteiger partial charge in [-0.1, -0.05) is 82.0 Å². The zero-order chi connectivity index (χ0) is 44.2. The maximum atomic E-state index is 13.9. The minimum Gasteiger partial charge on any atom is -0.506 e. The normalized spacial score (nSPS) is 20.5. The third-order valence-electron chi connectivity index (χ3n) is 14.1. The SMILES string of the molecule is COc1cc(NC(=O)CCCc2ccc(C3(C(=O)O[C@H]4CN5CCC4CC5)CCCCC3)cc2)c(Cl)cc1CNC[C@@H](O[Si](C)(C)C(C)(C)C)c1ccc(O)c2[nH]c(=O)ccc12. The summed E-state index contributed by atoms with van der Waals surface area (Å²) in [5.74, 6) is 0.884. The maximum absolute atomic E-state index is 13.9. The zero-order valence-corrected chi connectivity index (χ0v) is 39.1. The molecule has 62 heavy (non-hydrogen) atoms. The summed E-state index contributed by atoms with van der Waals surface area (Å²) in [5.41, 5.74) is 3.83. The molecule has 1 aliphatic carbocycles. The number of methoxy groups -OCH3 is 1. The van der Waals surface area contributed by atoms with Crippen molar-refractivity contribution in [1.29, 1.82) is 0 Å². The van der Waals surface area contributed by atoms with Crippen LogP contribution in [0.1, 0.15) is 107 Å². The van der Waals surface area contributed by atoms with E-state index in [-0.39, 0.29) is 40.4 Å². The van der Waals surface area contributed by atoms with Gasteiger partial charge in [-0.05, 0) is 111 Å². The number of phenolic OH excluding ortho intramolecular Hbond substituents is 1. The van der Waals surface area contributed by atoms with Crippen molar-refractivity contribution >= 4 is 48.4 Å². The molecule has 3 aliphatic heterocycles. The number of aryl methyl sites for hydroxylation is 1. The van der Waals surface area contributed by atoms with Crippen LogP contribution in [-0.2, 0) is 37.1 Å². The number of anilines is 1. The number of carbonyl (C=O) groups is 2. The predicted molar refractivity (Wildman–Crippen MR) is 249 cm³/mol. The molecule has 4 heterocycles. The fraction of sp³-hybridized carbons (Fsp3) is 0.531. The Morgan fingerprint density at radius 2 is 1.74 bits per heavy atom. The van der Waals surface area contributed by atoms with Crippen molar-refractivity contribution in [2.75, 3.05) is 38.6 Å². The van der Waals surface area contributed by atoms with Crippen molar-refractivity contribution in [1.82, 2.24) is 15.2 Å². The van der Waals surface area contributed by atoms with Crippen LogP contribution in [0.15, 0.2) is 65.5 Å². The number of hydrogen-bond acceptors (Lipinski definition) is 9. The molecule has 11 nitrogen and oxygen atoms in total. The van der Waals surface area contributed by atoms with Crippen molar-refractivity contribution in [2.24, 2.45) is 5.92 Å². The number of aromatic nitrogens is 1. The second kappa shape index (κ2) is 19.3. The molecule has 1 saturated carbocycles. The Bertz CT molecular complexity index is 2280. The average Bonchev–Trinajstić information content (AvgIpc) is 3.25. The number of H-pyrrole nitrogens is 1. The molecule has 4 fully saturated rings. The van der Waals surface area contributed by atoms with Gasteiger partial charge >= 0.3 is 5.97 Å². The molecule has 0 unspecified atom stereocenters. The van der Waals surface area contributed by atoms with E-state index in [2.05, 4.69) is 78.6 Å². The smallest absolute Gasteiger partial charge is 0.316 e. The lowest BCUT2D eigenvalue weighted by atomic mass is 9.69. The Hall–Kier alpha value is -4.20. The molecule has 3 aromatic carbocycles. The molecule has 334 valence electrons. The number of rotatable bonds is 16. The molecule has 1 aromatic heterocycles. The number of aromatic hydroxyl groups is 1. The van der Waals surface area contributed by atoms with Gasteiger partial charge in [0.2, 0.25) is 11.5 Å². The Morgan fingerprint density at radius 1 is 1.02 bits per heavy atom. The van der Waals surface area contributed by atoms with Crippen molar-refractivity contribution in [3.63, 3.8) is 0 Å². The number of halogens is 1. The number of aromatic amines is 1. The van der Waals surface area contributed by atoms with Crippen molar-refractivity contribution in [3.05, 3.63) is 98.3 Å². The van der Waals surface area contributed by atoms with E-state index >= 15 is 0 Å². The number of benzene rings is 3. The highest BCUT2D eigenvalue weighted by Gasteiger charge is 2.46. The first kappa shape index (κ1) is 45.8. The van der Waals surface area contributed by atoms with Crippen molar-refractivity contribution in [2.45, 2.75) is 127 Å². The largest absolute Gasteiger partial charge is 0.506 e. The molecule has 1 amide bonds. The fourth-order valence-electron chi connectivity index (χ4n) is 9.36. The summed E-state index contributed by atoms with van der Waals surface area (Å²) in [6.45, 7) is 14.9. The summed E-state index contributed by atoms with van der Waals surface area (Å²) >= 11 is 6.78. The Labute approximate surface area is 372 Å². The number of nitrogens with one attached hydrogen (secondary N) is 3. The van der Waals surface area contributed by atoms with Gasteiger partial charge < -0.3 is 34.6 Å². The van der Waals surface area contributed by atoms with Crippen molar-refractivity contribution in [3.8, 4) is 11.5 Å². The molecule has 0 radical (unpaired) electrons. The van der Waals surface area contributed by atoms with Crippen LogP contribution in [0.5, 0.6) is 11.5 Å². The van der Waals surface area contributed by atoms with Crippen LogP contribution in [-0.4, -0.2) is 74.6 Å². The summed E-state index contributed by atoms with van der Waals surface area (Å²) < 4.78 is 19.1. The molecule has 8 rings (SSSR count). The number of amides is 1. The van der Waals surface area contributed by atoms with Gasteiger partial charge in [-0.25, -0.2) is 0 Å². The molecular formula is C49H65ClN4O7Si. The standard InChI is InChI=1S/C49H65ClN4O7Si/c1-48(2,3)62(5,6)61-42(36-17-19-40(55)46-37(36)18-20-45(57)53-46)30-51-29-34-27-38(50)39(28-41(34)59-4)52-44(56)12-10-11-32-13-15-35(16-14-32)49(23-8-7-9-24-49)47(58)60-43-31-54-25-21-33(43)22-26-54/h13-20,27-28,33,42-43,51,55H,7-12,21-26,29-31H2,1-6H3,(H,52,56)(H,53,57)/t42-,43+/m1/s1. The molecule has 13 heteroatoms. The number of carbonyl (C=O) groups excluding carboxylic acids is 2. The number of phenols is 1. The van der Waals surface area contributed by atoms with Gasteiger partial charge in [0, 0.05) is 49.1 Å². The van der Waals surface area contributed by atoms with Crippen LogP contribution in [0.25, 0.3) is 10.9 Å². The van der Waals surface area contributed by atoms with E-state index in [1.165, 1.54) is 6.07 Å². The Kier molecular flexibility index (Phi) is 14.2. The van der Waals surface area contributed by atoms with Gasteiger partial charge in [0.05, 0.1) is 34.9 Å². The zero-order valence-electron chi connectivity index (χ0n) is 37.3. The lowest BCUT2D eigenvalue weighted by Gasteiger charge is -2.45. The maximum Gasteiger partial charge on any atom is 0.316 e. The highest BCUT2D eigenvalue weighted by atomic mass is 35.5. The molecule has 4 aromatic rings. The molecule has 0 spiro atoms. The quantitative estimate of drug-likeness (QED) is 0.0640. The summed E-state index contributed by atoms with van der Waals surface area (Å²) in [7, 11) is -0.681. The number of hydrogen-bond donors (Lipinski definition) is 4. The third-order valence-corrected chi connectivity index (χ3v) is 18.9. The van der Waals surface area contributed by atoms with E-state index < -0.39 is 13.7 Å². The van der Waals surface area contributed by atoms with Gasteiger partial charge in [0.15, 0.2) is 8.32 Å². The second-order valence-corrected chi connectivity index (χ2v) is 24.4. The second-order valence-electron chi connectivity index (χ2n) is 19.2. The van der Waals surface area contributed by atoms with Crippen molar-refractivity contribution < 1.29 is 28.6 Å². The van der Waals surface area contributed by atoms with E-state index in [1.807, 2.05) is 6.07 Å². The highest BCUT2D eigenvalue weighted by molar-refractivity contribution is 6.74.